The monoisotopic (exact) mass is 414 g/mol. The highest BCUT2D eigenvalue weighted by atomic mass is 32.1. The van der Waals surface area contributed by atoms with Gasteiger partial charge in [0.15, 0.2) is 5.13 Å². The molecule has 3 aromatic carbocycles. The average molecular weight is 415 g/mol. The van der Waals surface area contributed by atoms with Crippen LogP contribution in [0.1, 0.15) is 36.1 Å². The molecule has 3 nitrogen and oxygen atoms in total. The summed E-state index contributed by atoms with van der Waals surface area (Å²) in [6, 6.07) is 24.8. The van der Waals surface area contributed by atoms with Crippen LogP contribution in [0, 0.1) is 0 Å². The first-order valence-corrected chi connectivity index (χ1v) is 11.3. The van der Waals surface area contributed by atoms with Crippen molar-refractivity contribution in [3.8, 4) is 0 Å². The number of fused-ring (bicyclic) bond motifs is 1. The summed E-state index contributed by atoms with van der Waals surface area (Å²) in [5.41, 5.74) is 5.65. The number of carbonyl (C=O) groups is 1. The molecule has 0 unspecified atom stereocenters. The number of hydrogen-bond acceptors (Lipinski definition) is 3. The van der Waals surface area contributed by atoms with Gasteiger partial charge in [-0.05, 0) is 47.2 Å². The first-order chi connectivity index (χ1) is 14.7. The van der Waals surface area contributed by atoms with Gasteiger partial charge in [0.2, 0.25) is 5.91 Å². The van der Waals surface area contributed by atoms with Crippen LogP contribution in [0.2, 0.25) is 0 Å². The Kier molecular flexibility index (Phi) is 6.24. The van der Waals surface area contributed by atoms with Crippen molar-refractivity contribution in [3.63, 3.8) is 0 Å². The van der Waals surface area contributed by atoms with Crippen LogP contribution in [-0.2, 0) is 30.6 Å². The third-order valence-corrected chi connectivity index (χ3v) is 6.39. The molecule has 1 amide bonds. The molecule has 1 aromatic heterocycles. The van der Waals surface area contributed by atoms with Crippen molar-refractivity contribution in [2.24, 2.45) is 0 Å². The predicted molar refractivity (Wildman–Crippen MR) is 126 cm³/mol. The van der Waals surface area contributed by atoms with E-state index in [1.165, 1.54) is 11.1 Å². The molecule has 0 fully saturated rings. The van der Waals surface area contributed by atoms with Gasteiger partial charge in [0.1, 0.15) is 0 Å². The Hall–Kier alpha value is -2.98. The normalized spacial score (nSPS) is 11.0. The van der Waals surface area contributed by atoms with Crippen LogP contribution >= 0.6 is 11.3 Å². The predicted octanol–water partition coefficient (Wildman–Crippen LogP) is 6.20. The molecule has 4 aromatic rings. The molecule has 0 N–H and O–H groups in total. The van der Waals surface area contributed by atoms with Crippen LogP contribution in [0.4, 0.5) is 5.13 Å². The second kappa shape index (κ2) is 9.23. The lowest BCUT2D eigenvalue weighted by Gasteiger charge is -2.20. The van der Waals surface area contributed by atoms with Gasteiger partial charge in [0.05, 0.1) is 23.2 Å². The van der Waals surface area contributed by atoms with Crippen molar-refractivity contribution in [2.45, 2.75) is 39.7 Å². The van der Waals surface area contributed by atoms with Gasteiger partial charge in [0.25, 0.3) is 0 Å². The van der Waals surface area contributed by atoms with Crippen LogP contribution in [-0.4, -0.2) is 10.9 Å². The maximum Gasteiger partial charge on any atom is 0.233 e. The fourth-order valence-electron chi connectivity index (χ4n) is 3.48. The maximum absolute atomic E-state index is 13.4. The number of aryl methyl sites for hydroxylation is 2. The van der Waals surface area contributed by atoms with Crippen LogP contribution < -0.4 is 4.90 Å². The number of nitrogens with zero attached hydrogens (tertiary/aromatic N) is 2. The summed E-state index contributed by atoms with van der Waals surface area (Å²) in [5, 5.41) is 0.761. The Morgan fingerprint density at radius 3 is 2.20 bits per heavy atom. The van der Waals surface area contributed by atoms with E-state index in [-0.39, 0.29) is 5.91 Å². The van der Waals surface area contributed by atoms with E-state index in [0.29, 0.717) is 13.0 Å². The summed E-state index contributed by atoms with van der Waals surface area (Å²) < 4.78 is 1.13. The first kappa shape index (κ1) is 20.3. The van der Waals surface area contributed by atoms with Crippen LogP contribution in [0.25, 0.3) is 10.2 Å². The summed E-state index contributed by atoms with van der Waals surface area (Å²) in [5.74, 6) is 0.0675. The SMILES string of the molecule is CCc1ccc(CC(=O)N(Cc2ccccc2)c2nc3ccc(CC)cc3s2)cc1. The van der Waals surface area contributed by atoms with Crippen LogP contribution in [0.5, 0.6) is 0 Å². The van der Waals surface area contributed by atoms with Gasteiger partial charge in [-0.3, -0.25) is 9.69 Å². The minimum absolute atomic E-state index is 0.0675. The van der Waals surface area contributed by atoms with Crippen molar-refractivity contribution >= 4 is 32.6 Å². The zero-order chi connectivity index (χ0) is 20.9. The van der Waals surface area contributed by atoms with Gasteiger partial charge in [-0.1, -0.05) is 85.8 Å². The Bertz CT molecular complexity index is 1130. The molecule has 0 spiro atoms. The quantitative estimate of drug-likeness (QED) is 0.361. The third-order valence-electron chi connectivity index (χ3n) is 5.35. The molecule has 0 aliphatic heterocycles. The molecular formula is C26H26N2OS. The minimum atomic E-state index is 0.0675. The van der Waals surface area contributed by atoms with Gasteiger partial charge >= 0.3 is 0 Å². The molecule has 0 bridgehead atoms. The lowest BCUT2D eigenvalue weighted by molar-refractivity contribution is -0.118. The van der Waals surface area contributed by atoms with E-state index in [9.17, 15) is 4.79 Å². The minimum Gasteiger partial charge on any atom is -0.283 e. The number of amides is 1. The molecule has 0 aliphatic rings. The van der Waals surface area contributed by atoms with Gasteiger partial charge in [-0.2, -0.15) is 0 Å². The van der Waals surface area contributed by atoms with Crippen molar-refractivity contribution < 1.29 is 4.79 Å². The van der Waals surface area contributed by atoms with E-state index >= 15 is 0 Å². The van der Waals surface area contributed by atoms with E-state index in [4.69, 9.17) is 4.98 Å². The first-order valence-electron chi connectivity index (χ1n) is 10.5. The number of anilines is 1. The maximum atomic E-state index is 13.4. The number of hydrogen-bond donors (Lipinski definition) is 0. The van der Waals surface area contributed by atoms with Gasteiger partial charge in [-0.25, -0.2) is 4.98 Å². The van der Waals surface area contributed by atoms with E-state index in [2.05, 4.69) is 68.4 Å². The molecule has 0 atom stereocenters. The highest BCUT2D eigenvalue weighted by molar-refractivity contribution is 7.22. The number of thiazole rings is 1. The number of benzene rings is 3. The fraction of sp³-hybridized carbons (Fsp3) is 0.231. The second-order valence-corrected chi connectivity index (χ2v) is 8.47. The van der Waals surface area contributed by atoms with Crippen molar-refractivity contribution in [1.29, 1.82) is 0 Å². The Balaban J connectivity index is 1.65. The van der Waals surface area contributed by atoms with E-state index in [1.807, 2.05) is 23.1 Å². The topological polar surface area (TPSA) is 33.2 Å². The molecule has 0 saturated carbocycles. The fourth-order valence-corrected chi connectivity index (χ4v) is 4.53. The van der Waals surface area contributed by atoms with E-state index < -0.39 is 0 Å². The lowest BCUT2D eigenvalue weighted by atomic mass is 10.1. The number of carbonyl (C=O) groups excluding carboxylic acids is 1. The molecular weight excluding hydrogens is 388 g/mol. The number of rotatable bonds is 7. The molecule has 0 aliphatic carbocycles. The smallest absolute Gasteiger partial charge is 0.233 e. The standard InChI is InChI=1S/C26H26N2OS/c1-3-19-10-12-21(13-11-19)17-25(29)28(18-22-8-6-5-7-9-22)26-27-23-15-14-20(4-2)16-24(23)30-26/h5-16H,3-4,17-18H2,1-2H3. The van der Waals surface area contributed by atoms with Crippen molar-refractivity contribution in [1.82, 2.24) is 4.98 Å². The summed E-state index contributed by atoms with van der Waals surface area (Å²) in [4.78, 5) is 20.0. The third kappa shape index (κ3) is 4.60. The molecule has 0 saturated heterocycles. The van der Waals surface area contributed by atoms with Crippen LogP contribution in [0.3, 0.4) is 0 Å². The summed E-state index contributed by atoms with van der Waals surface area (Å²) in [6.45, 7) is 4.81. The van der Waals surface area contributed by atoms with Gasteiger partial charge in [-0.15, -0.1) is 0 Å². The van der Waals surface area contributed by atoms with Crippen molar-refractivity contribution in [2.75, 3.05) is 4.90 Å². The van der Waals surface area contributed by atoms with Crippen molar-refractivity contribution in [3.05, 3.63) is 95.1 Å². The Morgan fingerprint density at radius 1 is 0.833 bits per heavy atom. The molecule has 0 radical (unpaired) electrons. The largest absolute Gasteiger partial charge is 0.283 e. The summed E-state index contributed by atoms with van der Waals surface area (Å²) in [6.07, 6.45) is 2.36. The summed E-state index contributed by atoms with van der Waals surface area (Å²) >= 11 is 1.59. The zero-order valence-corrected chi connectivity index (χ0v) is 18.3. The molecule has 152 valence electrons. The molecule has 30 heavy (non-hydrogen) atoms. The van der Waals surface area contributed by atoms with Gasteiger partial charge in [0, 0.05) is 0 Å². The molecule has 1 heterocycles. The Morgan fingerprint density at radius 2 is 1.50 bits per heavy atom. The van der Waals surface area contributed by atoms with Gasteiger partial charge < -0.3 is 0 Å². The highest BCUT2D eigenvalue weighted by Gasteiger charge is 2.20. The van der Waals surface area contributed by atoms with Crippen LogP contribution in [0.15, 0.2) is 72.8 Å². The molecule has 4 heteroatoms. The molecule has 4 rings (SSSR count). The second-order valence-electron chi connectivity index (χ2n) is 7.46. The lowest BCUT2D eigenvalue weighted by Crippen LogP contribution is -2.31. The highest BCUT2D eigenvalue weighted by Crippen LogP contribution is 2.31. The number of aromatic nitrogens is 1. The Labute approximate surface area is 182 Å². The summed E-state index contributed by atoms with van der Waals surface area (Å²) in [7, 11) is 0. The average Bonchev–Trinajstić information content (AvgIpc) is 3.21. The zero-order valence-electron chi connectivity index (χ0n) is 17.5. The van der Waals surface area contributed by atoms with E-state index in [0.717, 1.165) is 39.3 Å². The van der Waals surface area contributed by atoms with E-state index in [1.54, 1.807) is 11.3 Å².